The predicted octanol–water partition coefficient (Wildman–Crippen LogP) is 2.66. The molecule has 3 nitrogen and oxygen atoms in total. The summed E-state index contributed by atoms with van der Waals surface area (Å²) in [6.45, 7) is 11.4. The molecule has 110 valence electrons. The van der Waals surface area contributed by atoms with Gasteiger partial charge in [0.25, 0.3) is 5.91 Å². The minimum atomic E-state index is 0.178. The van der Waals surface area contributed by atoms with Gasteiger partial charge >= 0.3 is 0 Å². The minimum absolute atomic E-state index is 0.178. The van der Waals surface area contributed by atoms with Crippen LogP contribution < -0.4 is 0 Å². The molecule has 0 aromatic heterocycles. The van der Waals surface area contributed by atoms with E-state index in [1.165, 1.54) is 5.56 Å². The number of aryl methyl sites for hydroxylation is 1. The fraction of sp³-hybridized carbons (Fsp3) is 0.588. The molecule has 0 spiro atoms. The molecule has 1 fully saturated rings. The van der Waals surface area contributed by atoms with Gasteiger partial charge in [-0.05, 0) is 30.0 Å². The Hall–Kier alpha value is -1.35. The maximum atomic E-state index is 12.4. The third kappa shape index (κ3) is 3.83. The molecular weight excluding hydrogens is 248 g/mol. The van der Waals surface area contributed by atoms with Gasteiger partial charge in [-0.3, -0.25) is 9.69 Å². The Labute approximate surface area is 122 Å². The first kappa shape index (κ1) is 15.0. The van der Waals surface area contributed by atoms with E-state index in [1.54, 1.807) is 0 Å². The van der Waals surface area contributed by atoms with Crippen LogP contribution in [-0.2, 0) is 6.42 Å². The minimum Gasteiger partial charge on any atom is -0.336 e. The standard InChI is InChI=1S/C17H26N2O/c1-4-15-5-7-16(8-6-15)17(20)19-11-9-18(10-12-19)13-14(2)3/h5-8,14H,4,9-13H2,1-3H3. The van der Waals surface area contributed by atoms with Crippen molar-refractivity contribution in [3.8, 4) is 0 Å². The average molecular weight is 274 g/mol. The van der Waals surface area contributed by atoms with Crippen molar-refractivity contribution in [3.05, 3.63) is 35.4 Å². The molecule has 0 bridgehead atoms. The first-order chi connectivity index (χ1) is 9.60. The maximum Gasteiger partial charge on any atom is 0.253 e. The number of rotatable bonds is 4. The summed E-state index contributed by atoms with van der Waals surface area (Å²) in [5, 5.41) is 0. The molecule has 0 saturated carbocycles. The second-order valence-electron chi connectivity index (χ2n) is 6.04. The van der Waals surface area contributed by atoms with Gasteiger partial charge in [-0.2, -0.15) is 0 Å². The lowest BCUT2D eigenvalue weighted by molar-refractivity contribution is 0.0624. The number of carbonyl (C=O) groups excluding carboxylic acids is 1. The summed E-state index contributed by atoms with van der Waals surface area (Å²) in [5.41, 5.74) is 2.10. The van der Waals surface area contributed by atoms with Gasteiger partial charge < -0.3 is 4.90 Å². The van der Waals surface area contributed by atoms with Gasteiger partial charge in [0, 0.05) is 38.3 Å². The van der Waals surface area contributed by atoms with E-state index in [-0.39, 0.29) is 5.91 Å². The SMILES string of the molecule is CCc1ccc(C(=O)N2CCN(CC(C)C)CC2)cc1. The Balaban J connectivity index is 1.90. The number of amides is 1. The van der Waals surface area contributed by atoms with Crippen LogP contribution >= 0.6 is 0 Å². The van der Waals surface area contributed by atoms with Crippen LogP contribution in [-0.4, -0.2) is 48.4 Å². The molecule has 1 aliphatic rings. The van der Waals surface area contributed by atoms with E-state index in [0.29, 0.717) is 5.92 Å². The van der Waals surface area contributed by atoms with Gasteiger partial charge in [-0.15, -0.1) is 0 Å². The molecule has 0 radical (unpaired) electrons. The second kappa shape index (κ2) is 6.89. The smallest absolute Gasteiger partial charge is 0.253 e. The second-order valence-corrected chi connectivity index (χ2v) is 6.04. The van der Waals surface area contributed by atoms with Gasteiger partial charge in [-0.1, -0.05) is 32.9 Å². The number of nitrogens with zero attached hydrogens (tertiary/aromatic N) is 2. The van der Waals surface area contributed by atoms with Crippen LogP contribution in [0.2, 0.25) is 0 Å². The van der Waals surface area contributed by atoms with Crippen LogP contribution in [0.25, 0.3) is 0 Å². The first-order valence-electron chi connectivity index (χ1n) is 7.70. The highest BCUT2D eigenvalue weighted by molar-refractivity contribution is 5.94. The topological polar surface area (TPSA) is 23.6 Å². The van der Waals surface area contributed by atoms with Crippen LogP contribution in [0.5, 0.6) is 0 Å². The summed E-state index contributed by atoms with van der Waals surface area (Å²) in [6.07, 6.45) is 1.02. The number of hydrogen-bond acceptors (Lipinski definition) is 2. The van der Waals surface area contributed by atoms with Crippen molar-refractivity contribution in [3.63, 3.8) is 0 Å². The third-order valence-corrected chi connectivity index (χ3v) is 3.89. The van der Waals surface area contributed by atoms with Crippen molar-refractivity contribution in [1.82, 2.24) is 9.80 Å². The average Bonchev–Trinajstić information content (AvgIpc) is 2.47. The molecular formula is C17H26N2O. The van der Waals surface area contributed by atoms with Crippen LogP contribution in [0.3, 0.4) is 0 Å². The lowest BCUT2D eigenvalue weighted by Crippen LogP contribution is -2.49. The fourth-order valence-corrected chi connectivity index (χ4v) is 2.72. The van der Waals surface area contributed by atoms with Gasteiger partial charge in [-0.25, -0.2) is 0 Å². The molecule has 1 amide bonds. The van der Waals surface area contributed by atoms with Crippen molar-refractivity contribution in [1.29, 1.82) is 0 Å². The summed E-state index contributed by atoms with van der Waals surface area (Å²) >= 11 is 0. The largest absolute Gasteiger partial charge is 0.336 e. The van der Waals surface area contributed by atoms with E-state index in [1.807, 2.05) is 17.0 Å². The highest BCUT2D eigenvalue weighted by Gasteiger charge is 2.22. The molecule has 1 aliphatic heterocycles. The van der Waals surface area contributed by atoms with Crippen LogP contribution in [0.1, 0.15) is 36.7 Å². The maximum absolute atomic E-state index is 12.4. The van der Waals surface area contributed by atoms with Crippen LogP contribution in [0.15, 0.2) is 24.3 Å². The Morgan fingerprint density at radius 1 is 1.10 bits per heavy atom. The van der Waals surface area contributed by atoms with Gasteiger partial charge in [0.2, 0.25) is 0 Å². The highest BCUT2D eigenvalue weighted by atomic mass is 16.2. The van der Waals surface area contributed by atoms with E-state index >= 15 is 0 Å². The number of carbonyl (C=O) groups is 1. The van der Waals surface area contributed by atoms with Gasteiger partial charge in [0.1, 0.15) is 0 Å². The molecule has 20 heavy (non-hydrogen) atoms. The van der Waals surface area contributed by atoms with Crippen molar-refractivity contribution < 1.29 is 4.79 Å². The van der Waals surface area contributed by atoms with Gasteiger partial charge in [0.05, 0.1) is 0 Å². The molecule has 0 aliphatic carbocycles. The number of hydrogen-bond donors (Lipinski definition) is 0. The van der Waals surface area contributed by atoms with Crippen LogP contribution in [0.4, 0.5) is 0 Å². The summed E-state index contributed by atoms with van der Waals surface area (Å²) in [5.74, 6) is 0.871. The molecule has 1 heterocycles. The monoisotopic (exact) mass is 274 g/mol. The number of benzene rings is 1. The van der Waals surface area contributed by atoms with Crippen molar-refractivity contribution >= 4 is 5.91 Å². The summed E-state index contributed by atoms with van der Waals surface area (Å²) in [7, 11) is 0. The molecule has 1 aromatic carbocycles. The highest BCUT2D eigenvalue weighted by Crippen LogP contribution is 2.11. The van der Waals surface area contributed by atoms with Crippen molar-refractivity contribution in [2.24, 2.45) is 5.92 Å². The Bertz CT molecular complexity index is 431. The Kier molecular flexibility index (Phi) is 5.18. The first-order valence-corrected chi connectivity index (χ1v) is 7.70. The quantitative estimate of drug-likeness (QED) is 0.843. The van der Waals surface area contributed by atoms with E-state index < -0.39 is 0 Å². The Morgan fingerprint density at radius 3 is 2.20 bits per heavy atom. The van der Waals surface area contributed by atoms with Crippen LogP contribution in [0, 0.1) is 5.92 Å². The zero-order chi connectivity index (χ0) is 14.5. The lowest BCUT2D eigenvalue weighted by atomic mass is 10.1. The van der Waals surface area contributed by atoms with Crippen molar-refractivity contribution in [2.75, 3.05) is 32.7 Å². The molecule has 3 heteroatoms. The molecule has 2 rings (SSSR count). The predicted molar refractivity (Wildman–Crippen MR) is 83.0 cm³/mol. The normalized spacial score (nSPS) is 16.7. The third-order valence-electron chi connectivity index (χ3n) is 3.89. The summed E-state index contributed by atoms with van der Waals surface area (Å²) < 4.78 is 0. The molecule has 0 atom stereocenters. The zero-order valence-corrected chi connectivity index (χ0v) is 12.9. The summed E-state index contributed by atoms with van der Waals surface area (Å²) in [6, 6.07) is 8.04. The number of piperazine rings is 1. The van der Waals surface area contributed by atoms with E-state index in [9.17, 15) is 4.79 Å². The van der Waals surface area contributed by atoms with E-state index in [2.05, 4.69) is 37.8 Å². The molecule has 0 N–H and O–H groups in total. The molecule has 0 unspecified atom stereocenters. The lowest BCUT2D eigenvalue weighted by Gasteiger charge is -2.35. The fourth-order valence-electron chi connectivity index (χ4n) is 2.72. The van der Waals surface area contributed by atoms with Crippen molar-refractivity contribution in [2.45, 2.75) is 27.2 Å². The Morgan fingerprint density at radius 2 is 1.70 bits per heavy atom. The zero-order valence-electron chi connectivity index (χ0n) is 12.9. The van der Waals surface area contributed by atoms with E-state index in [4.69, 9.17) is 0 Å². The summed E-state index contributed by atoms with van der Waals surface area (Å²) in [4.78, 5) is 16.9. The van der Waals surface area contributed by atoms with Gasteiger partial charge in [0.15, 0.2) is 0 Å². The van der Waals surface area contributed by atoms with E-state index in [0.717, 1.165) is 44.7 Å². The molecule has 1 aromatic rings. The molecule has 1 saturated heterocycles.